The molecule has 0 N–H and O–H groups in total. The van der Waals surface area contributed by atoms with Crippen LogP contribution in [0.15, 0.2) is 36.0 Å². The first kappa shape index (κ1) is 14.7. The minimum Gasteiger partial charge on any atom is -0.296 e. The molecule has 1 aliphatic rings. The quantitative estimate of drug-likeness (QED) is 0.739. The fourth-order valence-electron chi connectivity index (χ4n) is 3.47. The van der Waals surface area contributed by atoms with Gasteiger partial charge in [0.1, 0.15) is 0 Å². The average Bonchev–Trinajstić information content (AvgIpc) is 3.27. The molecule has 1 aliphatic heterocycles. The zero-order valence-corrected chi connectivity index (χ0v) is 14.3. The Balaban J connectivity index is 1.47. The summed E-state index contributed by atoms with van der Waals surface area (Å²) in [6, 6.07) is 6.95. The molecule has 1 fully saturated rings. The molecule has 1 saturated heterocycles. The summed E-state index contributed by atoms with van der Waals surface area (Å²) in [5.74, 6) is 0. The highest BCUT2D eigenvalue weighted by molar-refractivity contribution is 7.12. The zero-order valence-electron chi connectivity index (χ0n) is 13.5. The second-order valence-corrected chi connectivity index (χ2v) is 7.11. The summed E-state index contributed by atoms with van der Waals surface area (Å²) < 4.78 is 4.40. The molecule has 0 unspecified atom stereocenters. The van der Waals surface area contributed by atoms with E-state index in [-0.39, 0.29) is 0 Å². The molecular formula is C17H21N5S. The lowest BCUT2D eigenvalue weighted by molar-refractivity contribution is 0.305. The number of aryl methyl sites for hydroxylation is 2. The molecule has 120 valence electrons. The highest BCUT2D eigenvalue weighted by Crippen LogP contribution is 2.25. The first-order valence-corrected chi connectivity index (χ1v) is 8.90. The maximum absolute atomic E-state index is 4.66. The molecule has 4 rings (SSSR count). The van der Waals surface area contributed by atoms with E-state index < -0.39 is 0 Å². The lowest BCUT2D eigenvalue weighted by Gasteiger charge is -2.18. The minimum absolute atomic E-state index is 0.493. The lowest BCUT2D eigenvalue weighted by Crippen LogP contribution is -2.23. The maximum atomic E-state index is 4.66. The van der Waals surface area contributed by atoms with Crippen molar-refractivity contribution in [3.05, 3.63) is 53.1 Å². The highest BCUT2D eigenvalue weighted by atomic mass is 32.1. The molecule has 6 heteroatoms. The molecule has 0 radical (unpaired) electrons. The van der Waals surface area contributed by atoms with Crippen LogP contribution in [0.4, 0.5) is 0 Å². The third-order valence-corrected chi connectivity index (χ3v) is 5.25. The Morgan fingerprint density at radius 1 is 1.35 bits per heavy atom. The second kappa shape index (κ2) is 5.94. The number of rotatable bonds is 4. The van der Waals surface area contributed by atoms with Gasteiger partial charge in [-0.1, -0.05) is 0 Å². The molecule has 0 aromatic carbocycles. The van der Waals surface area contributed by atoms with E-state index in [1.54, 1.807) is 11.3 Å². The van der Waals surface area contributed by atoms with Crippen molar-refractivity contribution in [1.29, 1.82) is 0 Å². The highest BCUT2D eigenvalue weighted by Gasteiger charge is 2.26. The fourth-order valence-corrected chi connectivity index (χ4v) is 4.12. The maximum Gasteiger partial charge on any atom is 0.193 e. The number of hydrogen-bond acceptors (Lipinski definition) is 4. The molecule has 0 bridgehead atoms. The summed E-state index contributed by atoms with van der Waals surface area (Å²) in [5, 5.41) is 7.72. The molecule has 5 nitrogen and oxygen atoms in total. The van der Waals surface area contributed by atoms with Crippen molar-refractivity contribution in [2.75, 3.05) is 13.1 Å². The van der Waals surface area contributed by atoms with E-state index in [1.165, 1.54) is 17.8 Å². The van der Waals surface area contributed by atoms with Gasteiger partial charge in [0.05, 0.1) is 11.7 Å². The summed E-state index contributed by atoms with van der Waals surface area (Å²) in [5.41, 5.74) is 3.67. The first-order valence-electron chi connectivity index (χ1n) is 8.02. The molecule has 0 spiro atoms. The van der Waals surface area contributed by atoms with Crippen LogP contribution in [0.5, 0.6) is 0 Å². The van der Waals surface area contributed by atoms with E-state index in [4.69, 9.17) is 0 Å². The Kier molecular flexibility index (Phi) is 3.79. The summed E-state index contributed by atoms with van der Waals surface area (Å²) >= 11 is 1.67. The van der Waals surface area contributed by atoms with Crippen LogP contribution in [0.2, 0.25) is 0 Å². The van der Waals surface area contributed by atoms with Gasteiger partial charge < -0.3 is 0 Å². The van der Waals surface area contributed by atoms with Gasteiger partial charge in [-0.15, -0.1) is 11.3 Å². The van der Waals surface area contributed by atoms with E-state index in [0.717, 1.165) is 30.5 Å². The van der Waals surface area contributed by atoms with Crippen LogP contribution in [0, 0.1) is 13.8 Å². The van der Waals surface area contributed by atoms with E-state index in [2.05, 4.69) is 62.5 Å². The van der Waals surface area contributed by atoms with E-state index in [1.807, 2.05) is 11.6 Å². The summed E-state index contributed by atoms with van der Waals surface area (Å²) in [4.78, 5) is 6.93. The molecule has 1 atom stereocenters. The van der Waals surface area contributed by atoms with Crippen LogP contribution in [0.1, 0.15) is 29.5 Å². The standard InChI is InChI=1S/C17H21N5S/c1-13-10-14(2)22(19-13)16-5-8-20(12-16)11-15-4-3-7-21(15)17-18-6-9-23-17/h3-4,6-7,9-10,16H,5,8,11-12H2,1-2H3/t16-/m0/s1. The Bertz CT molecular complexity index is 786. The van der Waals surface area contributed by atoms with Gasteiger partial charge in [-0.2, -0.15) is 5.10 Å². The molecule has 0 aliphatic carbocycles. The van der Waals surface area contributed by atoms with Crippen molar-refractivity contribution in [3.8, 4) is 5.13 Å². The van der Waals surface area contributed by atoms with Crippen LogP contribution < -0.4 is 0 Å². The van der Waals surface area contributed by atoms with Gasteiger partial charge in [0.2, 0.25) is 0 Å². The Morgan fingerprint density at radius 3 is 3.00 bits per heavy atom. The van der Waals surface area contributed by atoms with Crippen LogP contribution in [0.25, 0.3) is 5.13 Å². The van der Waals surface area contributed by atoms with Crippen molar-refractivity contribution >= 4 is 11.3 Å². The molecule has 0 saturated carbocycles. The van der Waals surface area contributed by atoms with Gasteiger partial charge >= 0.3 is 0 Å². The average molecular weight is 327 g/mol. The number of aromatic nitrogens is 4. The normalized spacial score (nSPS) is 18.8. The Morgan fingerprint density at radius 2 is 2.26 bits per heavy atom. The Labute approximate surface area is 140 Å². The SMILES string of the molecule is Cc1cc(C)n([C@H]2CCN(Cc3cccn3-c3nccs3)C2)n1. The minimum atomic E-state index is 0.493. The summed E-state index contributed by atoms with van der Waals surface area (Å²) in [6.45, 7) is 7.35. The number of likely N-dealkylation sites (tertiary alicyclic amines) is 1. The van der Waals surface area contributed by atoms with E-state index in [9.17, 15) is 0 Å². The van der Waals surface area contributed by atoms with Gasteiger partial charge in [0.15, 0.2) is 5.13 Å². The van der Waals surface area contributed by atoms with Crippen molar-refractivity contribution < 1.29 is 0 Å². The van der Waals surface area contributed by atoms with Gasteiger partial charge in [-0.25, -0.2) is 4.98 Å². The molecule has 0 amide bonds. The lowest BCUT2D eigenvalue weighted by atomic mass is 10.2. The molecule has 3 aromatic heterocycles. The molecule has 4 heterocycles. The van der Waals surface area contributed by atoms with Crippen LogP contribution in [-0.2, 0) is 6.54 Å². The third-order valence-electron chi connectivity index (χ3n) is 4.48. The van der Waals surface area contributed by atoms with Crippen LogP contribution in [0.3, 0.4) is 0 Å². The third kappa shape index (κ3) is 2.84. The summed E-state index contributed by atoms with van der Waals surface area (Å²) in [6.07, 6.45) is 5.13. The van der Waals surface area contributed by atoms with Crippen LogP contribution in [-0.4, -0.2) is 37.3 Å². The first-order chi connectivity index (χ1) is 11.2. The summed E-state index contributed by atoms with van der Waals surface area (Å²) in [7, 11) is 0. The van der Waals surface area contributed by atoms with Gasteiger partial charge in [0.25, 0.3) is 0 Å². The van der Waals surface area contributed by atoms with Crippen LogP contribution >= 0.6 is 11.3 Å². The largest absolute Gasteiger partial charge is 0.296 e. The molecule has 23 heavy (non-hydrogen) atoms. The fraction of sp³-hybridized carbons (Fsp3) is 0.412. The van der Waals surface area contributed by atoms with Crippen molar-refractivity contribution in [2.24, 2.45) is 0 Å². The topological polar surface area (TPSA) is 38.9 Å². The van der Waals surface area contributed by atoms with Crippen molar-refractivity contribution in [3.63, 3.8) is 0 Å². The van der Waals surface area contributed by atoms with E-state index >= 15 is 0 Å². The van der Waals surface area contributed by atoms with Gasteiger partial charge in [0, 0.05) is 48.8 Å². The molecule has 3 aromatic rings. The second-order valence-electron chi connectivity index (χ2n) is 6.23. The zero-order chi connectivity index (χ0) is 15.8. The number of thiazole rings is 1. The Hall–Kier alpha value is -1.92. The predicted molar refractivity (Wildman–Crippen MR) is 92.1 cm³/mol. The van der Waals surface area contributed by atoms with E-state index in [0.29, 0.717) is 6.04 Å². The smallest absolute Gasteiger partial charge is 0.193 e. The number of hydrogen-bond donors (Lipinski definition) is 0. The van der Waals surface area contributed by atoms with Crippen molar-refractivity contribution in [1.82, 2.24) is 24.2 Å². The predicted octanol–water partition coefficient (Wildman–Crippen LogP) is 3.19. The molecular weight excluding hydrogens is 306 g/mol. The monoisotopic (exact) mass is 327 g/mol. The van der Waals surface area contributed by atoms with Gasteiger partial charge in [-0.3, -0.25) is 14.1 Å². The number of nitrogens with zero attached hydrogens (tertiary/aromatic N) is 5. The van der Waals surface area contributed by atoms with Crippen molar-refractivity contribution in [2.45, 2.75) is 32.9 Å². The van der Waals surface area contributed by atoms with Gasteiger partial charge in [-0.05, 0) is 38.5 Å².